The zero-order chi connectivity index (χ0) is 16.3. The summed E-state index contributed by atoms with van der Waals surface area (Å²) in [5, 5.41) is 0.551. The highest BCUT2D eigenvalue weighted by Gasteiger charge is 2.29. The van der Waals surface area contributed by atoms with Crippen molar-refractivity contribution in [3.63, 3.8) is 0 Å². The van der Waals surface area contributed by atoms with Crippen molar-refractivity contribution in [2.45, 2.75) is 24.2 Å². The summed E-state index contributed by atoms with van der Waals surface area (Å²) in [5.41, 5.74) is 0. The molecule has 0 amide bonds. The number of hydrogen-bond acceptors (Lipinski definition) is 3. The van der Waals surface area contributed by atoms with Crippen molar-refractivity contribution in [1.82, 2.24) is 9.21 Å². The largest absolute Gasteiger partial charge is 0.300 e. The van der Waals surface area contributed by atoms with E-state index in [0.29, 0.717) is 23.0 Å². The van der Waals surface area contributed by atoms with Gasteiger partial charge in [-0.05, 0) is 49.4 Å². The molecule has 1 saturated heterocycles. The van der Waals surface area contributed by atoms with Gasteiger partial charge < -0.3 is 4.90 Å². The maximum Gasteiger partial charge on any atom is 0.243 e. The Balaban J connectivity index is 1.57. The zero-order valence-electron chi connectivity index (χ0n) is 13.2. The minimum absolute atomic E-state index is 0.327. The van der Waals surface area contributed by atoms with Crippen LogP contribution in [0.5, 0.6) is 0 Å². The summed E-state index contributed by atoms with van der Waals surface area (Å²) in [7, 11) is -3.40. The molecule has 1 heterocycles. The Hall–Kier alpha value is -0.880. The van der Waals surface area contributed by atoms with Gasteiger partial charge in [0.05, 0.1) is 4.90 Å². The van der Waals surface area contributed by atoms with E-state index in [0.717, 1.165) is 32.0 Å². The smallest absolute Gasteiger partial charge is 0.243 e. The third kappa shape index (κ3) is 4.15. The van der Waals surface area contributed by atoms with Crippen molar-refractivity contribution in [1.29, 1.82) is 0 Å². The number of hydrogen-bond donors (Lipinski definition) is 0. The van der Waals surface area contributed by atoms with Gasteiger partial charge in [0.15, 0.2) is 0 Å². The van der Waals surface area contributed by atoms with E-state index in [9.17, 15) is 8.42 Å². The Labute approximate surface area is 143 Å². The Morgan fingerprint density at radius 1 is 1.04 bits per heavy atom. The van der Waals surface area contributed by atoms with Crippen LogP contribution in [0.25, 0.3) is 0 Å². The van der Waals surface area contributed by atoms with Crippen molar-refractivity contribution in [2.24, 2.45) is 5.92 Å². The third-order valence-electron chi connectivity index (χ3n) is 4.68. The topological polar surface area (TPSA) is 40.6 Å². The van der Waals surface area contributed by atoms with Gasteiger partial charge in [0.1, 0.15) is 0 Å². The lowest BCUT2D eigenvalue weighted by Crippen LogP contribution is -2.49. The van der Waals surface area contributed by atoms with E-state index in [1.807, 2.05) is 0 Å². The minimum atomic E-state index is -3.40. The van der Waals surface area contributed by atoms with Crippen LogP contribution in [-0.2, 0) is 10.0 Å². The highest BCUT2D eigenvalue weighted by Crippen LogP contribution is 2.22. The van der Waals surface area contributed by atoms with Gasteiger partial charge in [-0.1, -0.05) is 23.8 Å². The first-order valence-electron chi connectivity index (χ1n) is 8.19. The molecular formula is C17H23ClN2O2S. The summed E-state index contributed by atoms with van der Waals surface area (Å²) in [5.74, 6) is 0.722. The van der Waals surface area contributed by atoms with Crippen LogP contribution in [-0.4, -0.2) is 50.3 Å². The van der Waals surface area contributed by atoms with Crippen molar-refractivity contribution in [3.8, 4) is 0 Å². The van der Waals surface area contributed by atoms with Crippen LogP contribution in [0.1, 0.15) is 19.3 Å². The van der Waals surface area contributed by atoms with Gasteiger partial charge in [-0.15, -0.1) is 0 Å². The molecular weight excluding hydrogens is 332 g/mol. The van der Waals surface area contributed by atoms with Gasteiger partial charge in [0.2, 0.25) is 10.0 Å². The second-order valence-corrected chi connectivity index (χ2v) is 8.68. The molecule has 0 spiro atoms. The molecule has 0 radical (unpaired) electrons. The highest BCUT2D eigenvalue weighted by atomic mass is 35.5. The SMILES string of the molecule is O=S(=O)(c1ccc(Cl)cc1)N1CCN(CC2CC=CCC2)CC1. The van der Waals surface area contributed by atoms with Gasteiger partial charge in [-0.25, -0.2) is 8.42 Å². The molecule has 3 rings (SSSR count). The van der Waals surface area contributed by atoms with E-state index in [2.05, 4.69) is 17.1 Å². The number of halogens is 1. The standard InChI is InChI=1S/C17H23ClN2O2S/c18-16-6-8-17(9-7-16)23(21,22)20-12-10-19(11-13-20)14-15-4-2-1-3-5-15/h1-2,6-9,15H,3-5,10-14H2. The quantitative estimate of drug-likeness (QED) is 0.780. The zero-order valence-corrected chi connectivity index (χ0v) is 14.8. The summed E-state index contributed by atoms with van der Waals surface area (Å²) in [6, 6.07) is 6.42. The molecule has 1 aromatic rings. The van der Waals surface area contributed by atoms with Crippen LogP contribution in [0.2, 0.25) is 5.02 Å². The Bertz CT molecular complexity index is 650. The number of allylic oxidation sites excluding steroid dienone is 2. The molecule has 0 bridgehead atoms. The van der Waals surface area contributed by atoms with Crippen LogP contribution < -0.4 is 0 Å². The molecule has 1 aliphatic heterocycles. The maximum absolute atomic E-state index is 12.7. The van der Waals surface area contributed by atoms with E-state index in [1.165, 1.54) is 12.8 Å². The van der Waals surface area contributed by atoms with Crippen molar-refractivity contribution < 1.29 is 8.42 Å². The fourth-order valence-corrected chi connectivity index (χ4v) is 4.84. The van der Waals surface area contributed by atoms with Gasteiger partial charge in [-0.3, -0.25) is 0 Å². The summed E-state index contributed by atoms with van der Waals surface area (Å²) in [6.45, 7) is 3.83. The average molecular weight is 355 g/mol. The minimum Gasteiger partial charge on any atom is -0.300 e. The summed E-state index contributed by atoms with van der Waals surface area (Å²) in [6.07, 6.45) is 8.11. The van der Waals surface area contributed by atoms with Crippen LogP contribution in [0.4, 0.5) is 0 Å². The summed E-state index contributed by atoms with van der Waals surface area (Å²) in [4.78, 5) is 2.73. The normalized spacial score (nSPS) is 24.0. The molecule has 6 heteroatoms. The van der Waals surface area contributed by atoms with Gasteiger partial charge in [-0.2, -0.15) is 4.31 Å². The van der Waals surface area contributed by atoms with Gasteiger partial charge >= 0.3 is 0 Å². The Kier molecular flexibility index (Phi) is 5.42. The molecule has 0 N–H and O–H groups in total. The second-order valence-electron chi connectivity index (χ2n) is 6.31. The fraction of sp³-hybridized carbons (Fsp3) is 0.529. The summed E-state index contributed by atoms with van der Waals surface area (Å²) < 4.78 is 26.9. The molecule has 1 aromatic carbocycles. The van der Waals surface area contributed by atoms with E-state index < -0.39 is 10.0 Å². The van der Waals surface area contributed by atoms with Gasteiger partial charge in [0.25, 0.3) is 0 Å². The lowest BCUT2D eigenvalue weighted by molar-refractivity contribution is 0.161. The molecule has 23 heavy (non-hydrogen) atoms. The molecule has 4 nitrogen and oxygen atoms in total. The van der Waals surface area contributed by atoms with Crippen molar-refractivity contribution in [3.05, 3.63) is 41.4 Å². The average Bonchev–Trinajstić information content (AvgIpc) is 2.57. The first kappa shape index (κ1) is 17.0. The molecule has 1 fully saturated rings. The fourth-order valence-electron chi connectivity index (χ4n) is 3.30. The lowest BCUT2D eigenvalue weighted by Gasteiger charge is -2.36. The Morgan fingerprint density at radius 3 is 2.35 bits per heavy atom. The monoisotopic (exact) mass is 354 g/mol. The number of benzene rings is 1. The molecule has 0 aromatic heterocycles. The number of nitrogens with zero attached hydrogens (tertiary/aromatic N) is 2. The Morgan fingerprint density at radius 2 is 1.74 bits per heavy atom. The van der Waals surface area contributed by atoms with Crippen LogP contribution in [0, 0.1) is 5.92 Å². The predicted molar refractivity (Wildman–Crippen MR) is 93.1 cm³/mol. The highest BCUT2D eigenvalue weighted by molar-refractivity contribution is 7.89. The number of rotatable bonds is 4. The van der Waals surface area contributed by atoms with Crippen molar-refractivity contribution >= 4 is 21.6 Å². The van der Waals surface area contributed by atoms with Crippen molar-refractivity contribution in [2.75, 3.05) is 32.7 Å². The lowest BCUT2D eigenvalue weighted by atomic mass is 9.94. The number of piperazine rings is 1. The first-order chi connectivity index (χ1) is 11.1. The molecule has 126 valence electrons. The second kappa shape index (κ2) is 7.34. The van der Waals surface area contributed by atoms with Gasteiger partial charge in [0, 0.05) is 37.7 Å². The molecule has 1 atom stereocenters. The molecule has 1 aliphatic carbocycles. The third-order valence-corrected chi connectivity index (χ3v) is 6.84. The van der Waals surface area contributed by atoms with E-state index in [1.54, 1.807) is 28.6 Å². The molecule has 0 saturated carbocycles. The molecule has 1 unspecified atom stereocenters. The number of sulfonamides is 1. The van der Waals surface area contributed by atoms with Crippen LogP contribution in [0.3, 0.4) is 0 Å². The first-order valence-corrected chi connectivity index (χ1v) is 10.0. The predicted octanol–water partition coefficient (Wildman–Crippen LogP) is 3.00. The van der Waals surface area contributed by atoms with E-state index >= 15 is 0 Å². The molecule has 2 aliphatic rings. The summed E-state index contributed by atoms with van der Waals surface area (Å²) >= 11 is 5.84. The van der Waals surface area contributed by atoms with Crippen LogP contribution in [0.15, 0.2) is 41.3 Å². The van der Waals surface area contributed by atoms with Crippen LogP contribution >= 0.6 is 11.6 Å². The van der Waals surface area contributed by atoms with E-state index in [4.69, 9.17) is 11.6 Å². The van der Waals surface area contributed by atoms with E-state index in [-0.39, 0.29) is 0 Å². The maximum atomic E-state index is 12.7.